The van der Waals surface area contributed by atoms with E-state index < -0.39 is 18.5 Å². The molecule has 15 heavy (non-hydrogen) atoms. The fourth-order valence-corrected chi connectivity index (χ4v) is 1.46. The summed E-state index contributed by atoms with van der Waals surface area (Å²) in [6.07, 6.45) is 0.196. The van der Waals surface area contributed by atoms with E-state index in [-0.39, 0.29) is 24.5 Å². The Morgan fingerprint density at radius 1 is 1.40 bits per heavy atom. The molecular weight excluding hydrogens is 205 g/mol. The van der Waals surface area contributed by atoms with Crippen LogP contribution in [-0.2, 0) is 4.79 Å². The first-order valence-electron chi connectivity index (χ1n) is 5.20. The normalized spacial score (nSPS) is 16.1. The van der Waals surface area contributed by atoms with Gasteiger partial charge in [0, 0.05) is 12.3 Å². The highest BCUT2D eigenvalue weighted by molar-refractivity contribution is 5.78. The van der Waals surface area contributed by atoms with E-state index in [9.17, 15) is 18.0 Å². The van der Waals surface area contributed by atoms with Crippen molar-refractivity contribution in [1.29, 1.82) is 0 Å². The van der Waals surface area contributed by atoms with Gasteiger partial charge in [-0.2, -0.15) is 0 Å². The van der Waals surface area contributed by atoms with Crippen LogP contribution in [0.2, 0.25) is 0 Å². The van der Waals surface area contributed by atoms with Gasteiger partial charge in [-0.05, 0) is 32.6 Å². The van der Waals surface area contributed by atoms with Crippen LogP contribution in [0.15, 0.2) is 0 Å². The van der Waals surface area contributed by atoms with E-state index in [0.29, 0.717) is 6.42 Å². The lowest BCUT2D eigenvalue weighted by atomic mass is 9.89. The summed E-state index contributed by atoms with van der Waals surface area (Å²) in [6.45, 7) is 3.39. The van der Waals surface area contributed by atoms with Gasteiger partial charge < -0.3 is 0 Å². The standard InChI is InChI=1S/C11H19F3O/c1-8(7-12)6-10(9(2)15)4-5-11(3,13)14/h8,10H,4-7H2,1-3H3. The number of alkyl halides is 3. The Bertz CT molecular complexity index is 198. The molecule has 2 unspecified atom stereocenters. The highest BCUT2D eigenvalue weighted by Crippen LogP contribution is 2.26. The number of halogens is 3. The molecular formula is C11H19F3O. The Morgan fingerprint density at radius 2 is 1.93 bits per heavy atom. The lowest BCUT2D eigenvalue weighted by molar-refractivity contribution is -0.122. The van der Waals surface area contributed by atoms with E-state index >= 15 is 0 Å². The monoisotopic (exact) mass is 224 g/mol. The van der Waals surface area contributed by atoms with Gasteiger partial charge in [0.15, 0.2) is 0 Å². The molecule has 90 valence electrons. The van der Waals surface area contributed by atoms with Gasteiger partial charge in [0.2, 0.25) is 5.92 Å². The maximum atomic E-state index is 12.6. The van der Waals surface area contributed by atoms with E-state index in [4.69, 9.17) is 0 Å². The minimum absolute atomic E-state index is 0.125. The fraction of sp³-hybridized carbons (Fsp3) is 0.909. The van der Waals surface area contributed by atoms with Crippen molar-refractivity contribution in [3.8, 4) is 0 Å². The third-order valence-corrected chi connectivity index (χ3v) is 2.46. The lowest BCUT2D eigenvalue weighted by Gasteiger charge is -2.18. The number of hydrogen-bond donors (Lipinski definition) is 0. The van der Waals surface area contributed by atoms with Crippen molar-refractivity contribution in [1.82, 2.24) is 0 Å². The number of Topliss-reactive ketones (excluding diaryl/α,β-unsaturated/α-hetero) is 1. The van der Waals surface area contributed by atoms with Gasteiger partial charge >= 0.3 is 0 Å². The Morgan fingerprint density at radius 3 is 2.27 bits per heavy atom. The van der Waals surface area contributed by atoms with Crippen molar-refractivity contribution in [2.24, 2.45) is 11.8 Å². The van der Waals surface area contributed by atoms with Crippen LogP contribution >= 0.6 is 0 Å². The van der Waals surface area contributed by atoms with Gasteiger partial charge in [0.05, 0.1) is 6.67 Å². The minimum atomic E-state index is -2.74. The first-order chi connectivity index (χ1) is 6.76. The molecule has 0 amide bonds. The van der Waals surface area contributed by atoms with Crippen LogP contribution in [0.3, 0.4) is 0 Å². The lowest BCUT2D eigenvalue weighted by Crippen LogP contribution is -2.19. The van der Waals surface area contributed by atoms with Crippen LogP contribution in [0.5, 0.6) is 0 Å². The Labute approximate surface area is 89.0 Å². The molecule has 4 heteroatoms. The third-order valence-electron chi connectivity index (χ3n) is 2.46. The topological polar surface area (TPSA) is 17.1 Å². The highest BCUT2D eigenvalue weighted by atomic mass is 19.3. The zero-order chi connectivity index (χ0) is 12.1. The molecule has 0 saturated heterocycles. The summed E-state index contributed by atoms with van der Waals surface area (Å²) in [5.74, 6) is -3.53. The van der Waals surface area contributed by atoms with Gasteiger partial charge in [-0.25, -0.2) is 8.78 Å². The largest absolute Gasteiger partial charge is 0.300 e. The quantitative estimate of drug-likeness (QED) is 0.645. The Hall–Kier alpha value is -0.540. The van der Waals surface area contributed by atoms with Gasteiger partial charge in [-0.1, -0.05) is 6.92 Å². The summed E-state index contributed by atoms with van der Waals surface area (Å²) in [5, 5.41) is 0. The summed E-state index contributed by atoms with van der Waals surface area (Å²) >= 11 is 0. The average molecular weight is 224 g/mol. The summed E-state index contributed by atoms with van der Waals surface area (Å²) < 4.78 is 37.4. The number of ketones is 1. The van der Waals surface area contributed by atoms with Gasteiger partial charge in [0.25, 0.3) is 0 Å². The van der Waals surface area contributed by atoms with E-state index in [1.165, 1.54) is 6.92 Å². The molecule has 0 radical (unpaired) electrons. The molecule has 1 nitrogen and oxygen atoms in total. The third kappa shape index (κ3) is 7.40. The molecule has 2 atom stereocenters. The highest BCUT2D eigenvalue weighted by Gasteiger charge is 2.25. The number of carbonyl (C=O) groups is 1. The molecule has 0 N–H and O–H groups in total. The second-order valence-corrected chi connectivity index (χ2v) is 4.41. The van der Waals surface area contributed by atoms with Gasteiger partial charge in [-0.3, -0.25) is 9.18 Å². The number of rotatable bonds is 7. The summed E-state index contributed by atoms with van der Waals surface area (Å²) in [4.78, 5) is 11.1. The van der Waals surface area contributed by atoms with Gasteiger partial charge in [-0.15, -0.1) is 0 Å². The van der Waals surface area contributed by atoms with Crippen LogP contribution in [0.4, 0.5) is 13.2 Å². The van der Waals surface area contributed by atoms with Crippen molar-refractivity contribution in [3.63, 3.8) is 0 Å². The molecule has 0 spiro atoms. The SMILES string of the molecule is CC(=O)C(CCC(C)(F)F)CC(C)CF. The van der Waals surface area contributed by atoms with Crippen LogP contribution < -0.4 is 0 Å². The molecule has 0 heterocycles. The molecule has 0 aliphatic carbocycles. The average Bonchev–Trinajstić information content (AvgIpc) is 2.09. The van der Waals surface area contributed by atoms with E-state index in [1.807, 2.05) is 0 Å². The first kappa shape index (κ1) is 14.5. The molecule has 0 saturated carbocycles. The van der Waals surface area contributed by atoms with Crippen LogP contribution in [0.1, 0.15) is 40.0 Å². The van der Waals surface area contributed by atoms with Crippen molar-refractivity contribution >= 4 is 5.78 Å². The molecule has 0 fully saturated rings. The van der Waals surface area contributed by atoms with Crippen molar-refractivity contribution in [2.75, 3.05) is 6.67 Å². The van der Waals surface area contributed by atoms with E-state index in [1.54, 1.807) is 6.92 Å². The Balaban J connectivity index is 4.12. The number of carbonyl (C=O) groups excluding carboxylic acids is 1. The van der Waals surface area contributed by atoms with Crippen LogP contribution in [0.25, 0.3) is 0 Å². The summed E-state index contributed by atoms with van der Waals surface area (Å²) in [6, 6.07) is 0. The van der Waals surface area contributed by atoms with Crippen LogP contribution in [-0.4, -0.2) is 18.4 Å². The van der Waals surface area contributed by atoms with Crippen molar-refractivity contribution in [2.45, 2.75) is 46.0 Å². The predicted octanol–water partition coefficient (Wildman–Crippen LogP) is 3.62. The summed E-state index contributed by atoms with van der Waals surface area (Å²) in [5.41, 5.74) is 0. The van der Waals surface area contributed by atoms with Crippen LogP contribution in [0, 0.1) is 11.8 Å². The maximum absolute atomic E-state index is 12.6. The second-order valence-electron chi connectivity index (χ2n) is 4.41. The smallest absolute Gasteiger partial charge is 0.245 e. The molecule has 0 aliphatic rings. The van der Waals surface area contributed by atoms with E-state index in [2.05, 4.69) is 0 Å². The molecule has 0 bridgehead atoms. The number of hydrogen-bond acceptors (Lipinski definition) is 1. The molecule has 0 aromatic carbocycles. The molecule has 0 aliphatic heterocycles. The second kappa shape index (κ2) is 6.13. The van der Waals surface area contributed by atoms with Crippen molar-refractivity contribution in [3.05, 3.63) is 0 Å². The Kier molecular flexibility index (Phi) is 5.91. The molecule has 0 aromatic rings. The maximum Gasteiger partial charge on any atom is 0.245 e. The predicted molar refractivity (Wildman–Crippen MR) is 53.8 cm³/mol. The molecule has 0 aromatic heterocycles. The minimum Gasteiger partial charge on any atom is -0.300 e. The van der Waals surface area contributed by atoms with Gasteiger partial charge in [0.1, 0.15) is 5.78 Å². The zero-order valence-corrected chi connectivity index (χ0v) is 9.53. The van der Waals surface area contributed by atoms with Crippen molar-refractivity contribution < 1.29 is 18.0 Å². The zero-order valence-electron chi connectivity index (χ0n) is 9.53. The molecule has 0 rings (SSSR count). The first-order valence-corrected chi connectivity index (χ1v) is 5.20. The summed E-state index contributed by atoms with van der Waals surface area (Å²) in [7, 11) is 0. The fourth-order valence-electron chi connectivity index (χ4n) is 1.46. The van der Waals surface area contributed by atoms with E-state index in [0.717, 1.165) is 6.92 Å².